The van der Waals surface area contributed by atoms with Crippen LogP contribution >= 0.6 is 0 Å². The number of para-hydroxylation sites is 1. The summed E-state index contributed by atoms with van der Waals surface area (Å²) in [4.78, 5) is 7.17. The average Bonchev–Trinajstić information content (AvgIpc) is 2.46. The molecule has 2 atom stereocenters. The maximum Gasteiger partial charge on any atom is 0.135 e. The molecule has 1 aromatic carbocycles. The van der Waals surface area contributed by atoms with Crippen molar-refractivity contribution in [1.82, 2.24) is 4.98 Å². The number of aromatic nitrogens is 1. The molecule has 3 rings (SSSR count). The summed E-state index contributed by atoms with van der Waals surface area (Å²) in [6.45, 7) is 5.65. The SMILES string of the molecule is CC1CCN(c2nc3ccccc3cc2CO)C(C)C1. The fraction of sp³-hybridized carbons (Fsp3) is 0.471. The topological polar surface area (TPSA) is 36.4 Å². The lowest BCUT2D eigenvalue weighted by Crippen LogP contribution is -2.41. The van der Waals surface area contributed by atoms with Crippen LogP contribution in [0.1, 0.15) is 32.3 Å². The van der Waals surface area contributed by atoms with Crippen molar-refractivity contribution in [2.24, 2.45) is 5.92 Å². The molecular weight excluding hydrogens is 248 g/mol. The van der Waals surface area contributed by atoms with Crippen LogP contribution in [0, 0.1) is 5.92 Å². The van der Waals surface area contributed by atoms with Crippen molar-refractivity contribution in [3.63, 3.8) is 0 Å². The number of benzene rings is 1. The second-order valence-corrected chi connectivity index (χ2v) is 5.99. The number of hydrogen-bond acceptors (Lipinski definition) is 3. The second kappa shape index (κ2) is 5.41. The van der Waals surface area contributed by atoms with Crippen LogP contribution in [0.15, 0.2) is 30.3 Å². The maximum atomic E-state index is 9.68. The third-order valence-electron chi connectivity index (χ3n) is 4.36. The number of fused-ring (bicyclic) bond motifs is 1. The molecule has 0 radical (unpaired) electrons. The highest BCUT2D eigenvalue weighted by Gasteiger charge is 2.25. The number of rotatable bonds is 2. The second-order valence-electron chi connectivity index (χ2n) is 5.99. The molecule has 2 heterocycles. The Bertz CT molecular complexity index is 611. The molecule has 0 spiro atoms. The van der Waals surface area contributed by atoms with Crippen LogP contribution in [0.4, 0.5) is 5.82 Å². The molecule has 3 nitrogen and oxygen atoms in total. The van der Waals surface area contributed by atoms with Crippen molar-refractivity contribution < 1.29 is 5.11 Å². The molecule has 0 bridgehead atoms. The van der Waals surface area contributed by atoms with E-state index in [0.717, 1.165) is 34.7 Å². The smallest absolute Gasteiger partial charge is 0.135 e. The number of aliphatic hydroxyl groups is 1. The maximum absolute atomic E-state index is 9.68. The van der Waals surface area contributed by atoms with E-state index in [1.165, 1.54) is 12.8 Å². The summed E-state index contributed by atoms with van der Waals surface area (Å²) >= 11 is 0. The van der Waals surface area contributed by atoms with Gasteiger partial charge in [0.25, 0.3) is 0 Å². The standard InChI is InChI=1S/C17H22N2O/c1-12-7-8-19(13(2)9-12)17-15(11-20)10-14-5-3-4-6-16(14)18-17/h3-6,10,12-13,20H,7-9,11H2,1-2H3. The number of pyridine rings is 1. The summed E-state index contributed by atoms with van der Waals surface area (Å²) in [5.74, 6) is 1.74. The number of aliphatic hydroxyl groups excluding tert-OH is 1. The van der Waals surface area contributed by atoms with Gasteiger partial charge in [0.05, 0.1) is 12.1 Å². The van der Waals surface area contributed by atoms with Gasteiger partial charge in [-0.1, -0.05) is 25.1 Å². The van der Waals surface area contributed by atoms with Crippen molar-refractivity contribution in [3.05, 3.63) is 35.9 Å². The Morgan fingerprint density at radius 3 is 2.85 bits per heavy atom. The lowest BCUT2D eigenvalue weighted by Gasteiger charge is -2.38. The quantitative estimate of drug-likeness (QED) is 0.909. The normalized spacial score (nSPS) is 23.2. The molecule has 1 N–H and O–H groups in total. The number of nitrogens with zero attached hydrogens (tertiary/aromatic N) is 2. The van der Waals surface area contributed by atoms with Gasteiger partial charge in [-0.3, -0.25) is 0 Å². The molecule has 1 aliphatic rings. The summed E-state index contributed by atoms with van der Waals surface area (Å²) in [5.41, 5.74) is 1.94. The highest BCUT2D eigenvalue weighted by Crippen LogP contribution is 2.30. The van der Waals surface area contributed by atoms with Crippen LogP contribution in [0.3, 0.4) is 0 Å². The molecule has 2 aromatic rings. The first kappa shape index (κ1) is 13.4. The summed E-state index contributed by atoms with van der Waals surface area (Å²) < 4.78 is 0. The highest BCUT2D eigenvalue weighted by atomic mass is 16.3. The van der Waals surface area contributed by atoms with Crippen molar-refractivity contribution in [2.75, 3.05) is 11.4 Å². The van der Waals surface area contributed by atoms with Crippen LogP contribution in [-0.4, -0.2) is 22.7 Å². The summed E-state index contributed by atoms with van der Waals surface area (Å²) in [6.07, 6.45) is 2.39. The van der Waals surface area contributed by atoms with Crippen molar-refractivity contribution in [1.29, 1.82) is 0 Å². The molecule has 0 aliphatic carbocycles. The Hall–Kier alpha value is -1.61. The first-order chi connectivity index (χ1) is 9.69. The van der Waals surface area contributed by atoms with Gasteiger partial charge < -0.3 is 10.0 Å². The predicted octanol–water partition coefficient (Wildman–Crippen LogP) is 3.35. The first-order valence-corrected chi connectivity index (χ1v) is 7.45. The van der Waals surface area contributed by atoms with Gasteiger partial charge in [0.15, 0.2) is 0 Å². The molecule has 3 heteroatoms. The highest BCUT2D eigenvalue weighted by molar-refractivity contribution is 5.81. The zero-order valence-corrected chi connectivity index (χ0v) is 12.2. The fourth-order valence-corrected chi connectivity index (χ4v) is 3.24. The number of anilines is 1. The van der Waals surface area contributed by atoms with Gasteiger partial charge in [0.2, 0.25) is 0 Å². The molecule has 106 valence electrons. The van der Waals surface area contributed by atoms with Crippen LogP contribution in [0.5, 0.6) is 0 Å². The van der Waals surface area contributed by atoms with E-state index in [2.05, 4.69) is 24.8 Å². The van der Waals surface area contributed by atoms with E-state index < -0.39 is 0 Å². The van der Waals surface area contributed by atoms with Crippen molar-refractivity contribution in [2.45, 2.75) is 39.3 Å². The third kappa shape index (κ3) is 2.38. The molecule has 1 aromatic heterocycles. The van der Waals surface area contributed by atoms with Gasteiger partial charge in [-0.25, -0.2) is 4.98 Å². The molecule has 1 fully saturated rings. The van der Waals surface area contributed by atoms with Crippen LogP contribution in [-0.2, 0) is 6.61 Å². The van der Waals surface area contributed by atoms with E-state index in [9.17, 15) is 5.11 Å². The van der Waals surface area contributed by atoms with E-state index in [-0.39, 0.29) is 6.61 Å². The van der Waals surface area contributed by atoms with Crippen molar-refractivity contribution in [3.8, 4) is 0 Å². The van der Waals surface area contributed by atoms with Gasteiger partial charge >= 0.3 is 0 Å². The molecule has 0 saturated carbocycles. The number of hydrogen-bond donors (Lipinski definition) is 1. The molecule has 1 aliphatic heterocycles. The van der Waals surface area contributed by atoms with E-state index in [1.807, 2.05) is 24.3 Å². The Labute approximate surface area is 120 Å². The molecular formula is C17H22N2O. The molecule has 20 heavy (non-hydrogen) atoms. The molecule has 0 amide bonds. The van der Waals surface area contributed by atoms with Crippen LogP contribution in [0.25, 0.3) is 10.9 Å². The minimum Gasteiger partial charge on any atom is -0.392 e. The van der Waals surface area contributed by atoms with Gasteiger partial charge in [-0.15, -0.1) is 0 Å². The minimum absolute atomic E-state index is 0.0476. The van der Waals surface area contributed by atoms with E-state index >= 15 is 0 Å². The summed E-state index contributed by atoms with van der Waals surface area (Å²) in [5, 5.41) is 10.8. The lowest BCUT2D eigenvalue weighted by atomic mass is 9.93. The first-order valence-electron chi connectivity index (χ1n) is 7.45. The zero-order valence-electron chi connectivity index (χ0n) is 12.2. The van der Waals surface area contributed by atoms with E-state index in [4.69, 9.17) is 4.98 Å². The van der Waals surface area contributed by atoms with Crippen LogP contribution in [0.2, 0.25) is 0 Å². The van der Waals surface area contributed by atoms with Gasteiger partial charge in [-0.05, 0) is 37.8 Å². The van der Waals surface area contributed by atoms with Gasteiger partial charge in [-0.2, -0.15) is 0 Å². The monoisotopic (exact) mass is 270 g/mol. The average molecular weight is 270 g/mol. The molecule has 2 unspecified atom stereocenters. The zero-order chi connectivity index (χ0) is 14.1. The Morgan fingerprint density at radius 1 is 1.30 bits per heavy atom. The summed E-state index contributed by atoms with van der Waals surface area (Å²) in [6, 6.07) is 10.7. The molecule has 1 saturated heterocycles. The Kier molecular flexibility index (Phi) is 3.62. The Morgan fingerprint density at radius 2 is 2.10 bits per heavy atom. The fourth-order valence-electron chi connectivity index (χ4n) is 3.24. The van der Waals surface area contributed by atoms with Crippen molar-refractivity contribution >= 4 is 16.7 Å². The van der Waals surface area contributed by atoms with E-state index in [1.54, 1.807) is 0 Å². The minimum atomic E-state index is 0.0476. The predicted molar refractivity (Wildman–Crippen MR) is 82.9 cm³/mol. The van der Waals surface area contributed by atoms with Gasteiger partial charge in [0.1, 0.15) is 5.82 Å². The lowest BCUT2D eigenvalue weighted by molar-refractivity contribution is 0.280. The van der Waals surface area contributed by atoms with Crippen LogP contribution < -0.4 is 4.90 Å². The van der Waals surface area contributed by atoms with E-state index in [0.29, 0.717) is 6.04 Å². The van der Waals surface area contributed by atoms with Gasteiger partial charge in [0, 0.05) is 23.5 Å². The Balaban J connectivity index is 2.05. The largest absolute Gasteiger partial charge is 0.392 e. The number of piperidine rings is 1. The summed E-state index contributed by atoms with van der Waals surface area (Å²) in [7, 11) is 0. The third-order valence-corrected chi connectivity index (χ3v) is 4.36.